The van der Waals surface area contributed by atoms with Gasteiger partial charge in [-0.05, 0) is 52.0 Å². The first-order chi connectivity index (χ1) is 14.4. The Balaban J connectivity index is 2.00. The van der Waals surface area contributed by atoms with Crippen LogP contribution in [0.5, 0.6) is 0 Å². The Labute approximate surface area is 177 Å². The Bertz CT molecular complexity index is 1260. The summed E-state index contributed by atoms with van der Waals surface area (Å²) in [6, 6.07) is 20.5. The third-order valence-electron chi connectivity index (χ3n) is 5.06. The highest BCUT2D eigenvalue weighted by Gasteiger charge is 2.16. The van der Waals surface area contributed by atoms with Crippen molar-refractivity contribution in [3.05, 3.63) is 101 Å². The minimum Gasteiger partial charge on any atom is -0.252 e. The molecule has 146 valence electrons. The Morgan fingerprint density at radius 1 is 0.700 bits per heavy atom. The van der Waals surface area contributed by atoms with Gasteiger partial charge in [-0.15, -0.1) is 0 Å². The zero-order chi connectivity index (χ0) is 21.3. The van der Waals surface area contributed by atoms with Gasteiger partial charge >= 0.3 is 0 Å². The molecule has 0 unspecified atom stereocenters. The first-order valence-electron chi connectivity index (χ1n) is 9.96. The molecule has 1 heterocycles. The highest BCUT2D eigenvalue weighted by Crippen LogP contribution is 2.35. The fourth-order valence-electron chi connectivity index (χ4n) is 3.94. The largest absolute Gasteiger partial charge is 0.252 e. The number of aromatic nitrogens is 2. The first-order valence-corrected chi connectivity index (χ1v) is 9.96. The van der Waals surface area contributed by atoms with Gasteiger partial charge in [-0.1, -0.05) is 58.7 Å². The van der Waals surface area contributed by atoms with Crippen LogP contribution in [0.4, 0.5) is 5.69 Å². The van der Waals surface area contributed by atoms with Gasteiger partial charge in [0.25, 0.3) is 0 Å². The van der Waals surface area contributed by atoms with E-state index in [0.717, 1.165) is 28.1 Å². The summed E-state index contributed by atoms with van der Waals surface area (Å²) in [4.78, 5) is 13.6. The van der Waals surface area contributed by atoms with Gasteiger partial charge in [-0.2, -0.15) is 0 Å². The predicted molar refractivity (Wildman–Crippen MR) is 124 cm³/mol. The Hall–Kier alpha value is -3.77. The zero-order valence-corrected chi connectivity index (χ0v) is 17.7. The van der Waals surface area contributed by atoms with Crippen molar-refractivity contribution in [1.29, 1.82) is 0 Å². The van der Waals surface area contributed by atoms with Crippen molar-refractivity contribution >= 4 is 5.69 Å². The van der Waals surface area contributed by atoms with Crippen LogP contribution in [-0.4, -0.2) is 9.97 Å². The number of rotatable bonds is 3. The molecule has 4 aromatic rings. The molecule has 0 bridgehead atoms. The molecule has 0 aliphatic rings. The van der Waals surface area contributed by atoms with E-state index in [9.17, 15) is 0 Å². The van der Waals surface area contributed by atoms with Crippen molar-refractivity contribution in [2.75, 3.05) is 0 Å². The minimum absolute atomic E-state index is 0.581. The molecule has 0 saturated carbocycles. The van der Waals surface area contributed by atoms with Crippen LogP contribution in [0.2, 0.25) is 0 Å². The monoisotopic (exact) mass is 389 g/mol. The summed E-state index contributed by atoms with van der Waals surface area (Å²) < 4.78 is 0. The van der Waals surface area contributed by atoms with Crippen molar-refractivity contribution < 1.29 is 0 Å². The topological polar surface area (TPSA) is 30.1 Å². The van der Waals surface area contributed by atoms with E-state index in [1.54, 1.807) is 6.20 Å². The molecular weight excluding hydrogens is 366 g/mol. The van der Waals surface area contributed by atoms with Crippen molar-refractivity contribution in [3.8, 4) is 33.8 Å². The lowest BCUT2D eigenvalue weighted by molar-refractivity contribution is 1.20. The van der Waals surface area contributed by atoms with Gasteiger partial charge in [0.1, 0.15) is 0 Å². The summed E-state index contributed by atoms with van der Waals surface area (Å²) in [6.07, 6.45) is 1.78. The first kappa shape index (κ1) is 19.5. The minimum atomic E-state index is 0.581. The molecule has 0 N–H and O–H groups in total. The molecule has 4 rings (SSSR count). The van der Waals surface area contributed by atoms with Crippen molar-refractivity contribution in [1.82, 2.24) is 9.97 Å². The molecule has 0 atom stereocenters. The SMILES string of the molecule is [C-]#[N+]c1ccccc1-c1cnc(-c2cc(C)cc(C)c2)c(-c2cc(C)cc(C)c2)n1. The molecule has 3 heteroatoms. The van der Waals surface area contributed by atoms with Gasteiger partial charge in [-0.3, -0.25) is 4.98 Å². The molecule has 1 aromatic heterocycles. The third-order valence-corrected chi connectivity index (χ3v) is 5.06. The Morgan fingerprint density at radius 2 is 1.23 bits per heavy atom. The Morgan fingerprint density at radius 3 is 1.80 bits per heavy atom. The second-order valence-electron chi connectivity index (χ2n) is 7.83. The zero-order valence-electron chi connectivity index (χ0n) is 17.7. The number of para-hydroxylation sites is 1. The summed E-state index contributed by atoms with van der Waals surface area (Å²) in [7, 11) is 0. The number of nitrogens with zero attached hydrogens (tertiary/aromatic N) is 3. The number of hydrogen-bond donors (Lipinski definition) is 0. The quantitative estimate of drug-likeness (QED) is 0.345. The highest BCUT2D eigenvalue weighted by atomic mass is 14.8. The van der Waals surface area contributed by atoms with Crippen molar-refractivity contribution in [2.45, 2.75) is 27.7 Å². The maximum Gasteiger partial charge on any atom is 0.196 e. The molecule has 0 fully saturated rings. The smallest absolute Gasteiger partial charge is 0.196 e. The van der Waals surface area contributed by atoms with E-state index in [4.69, 9.17) is 16.5 Å². The van der Waals surface area contributed by atoms with E-state index in [-0.39, 0.29) is 0 Å². The summed E-state index contributed by atoms with van der Waals surface area (Å²) in [5.41, 5.74) is 10.6. The van der Waals surface area contributed by atoms with Crippen LogP contribution in [0.1, 0.15) is 22.3 Å². The molecular formula is C27H23N3. The van der Waals surface area contributed by atoms with Crippen LogP contribution < -0.4 is 0 Å². The van der Waals surface area contributed by atoms with Gasteiger partial charge < -0.3 is 0 Å². The summed E-state index contributed by atoms with van der Waals surface area (Å²) >= 11 is 0. The van der Waals surface area contributed by atoms with Gasteiger partial charge in [0.2, 0.25) is 0 Å². The molecule has 3 nitrogen and oxygen atoms in total. The lowest BCUT2D eigenvalue weighted by Gasteiger charge is -2.14. The standard InChI is InChI=1S/C27H23N3/c1-17-10-18(2)13-21(12-17)26-27(22-14-19(3)11-20(4)15-22)30-25(16-29-26)23-8-6-7-9-24(23)28-5/h6-16H,1-4H3. The molecule has 0 aliphatic carbocycles. The number of benzene rings is 3. The third kappa shape index (κ3) is 3.86. The average Bonchev–Trinajstić information content (AvgIpc) is 2.72. The van der Waals surface area contributed by atoms with E-state index >= 15 is 0 Å². The number of hydrogen-bond acceptors (Lipinski definition) is 2. The van der Waals surface area contributed by atoms with Gasteiger partial charge in [0, 0.05) is 16.7 Å². The van der Waals surface area contributed by atoms with Crippen LogP contribution in [0.25, 0.3) is 38.6 Å². The molecule has 30 heavy (non-hydrogen) atoms. The van der Waals surface area contributed by atoms with Crippen molar-refractivity contribution in [3.63, 3.8) is 0 Å². The number of aryl methyl sites for hydroxylation is 4. The fraction of sp³-hybridized carbons (Fsp3) is 0.148. The van der Waals surface area contributed by atoms with Gasteiger partial charge in [-0.25, -0.2) is 9.83 Å². The predicted octanol–water partition coefficient (Wildman–Crippen LogP) is 7.26. The molecule has 3 aromatic carbocycles. The highest BCUT2D eigenvalue weighted by molar-refractivity contribution is 5.83. The van der Waals surface area contributed by atoms with Crippen LogP contribution in [0.15, 0.2) is 66.9 Å². The molecule has 0 spiro atoms. The van der Waals surface area contributed by atoms with Gasteiger partial charge in [0.05, 0.1) is 29.9 Å². The molecule has 0 aliphatic heterocycles. The molecule has 0 saturated heterocycles. The summed E-state index contributed by atoms with van der Waals surface area (Å²) in [5.74, 6) is 0. The second kappa shape index (κ2) is 7.93. The van der Waals surface area contributed by atoms with Crippen LogP contribution in [-0.2, 0) is 0 Å². The summed E-state index contributed by atoms with van der Waals surface area (Å²) in [6.45, 7) is 15.9. The maximum atomic E-state index is 7.51. The van der Waals surface area contributed by atoms with E-state index in [1.807, 2.05) is 24.3 Å². The lowest BCUT2D eigenvalue weighted by Crippen LogP contribution is -1.97. The van der Waals surface area contributed by atoms with E-state index in [1.165, 1.54) is 22.3 Å². The van der Waals surface area contributed by atoms with E-state index in [0.29, 0.717) is 11.4 Å². The average molecular weight is 390 g/mol. The lowest BCUT2D eigenvalue weighted by atomic mass is 9.98. The summed E-state index contributed by atoms with van der Waals surface area (Å²) in [5, 5.41) is 0. The molecule has 0 radical (unpaired) electrons. The van der Waals surface area contributed by atoms with E-state index < -0.39 is 0 Å². The van der Waals surface area contributed by atoms with Gasteiger partial charge in [0.15, 0.2) is 5.69 Å². The van der Waals surface area contributed by atoms with Crippen LogP contribution >= 0.6 is 0 Å². The maximum absolute atomic E-state index is 7.51. The van der Waals surface area contributed by atoms with E-state index in [2.05, 4.69) is 68.9 Å². The second-order valence-corrected chi connectivity index (χ2v) is 7.83. The fourth-order valence-corrected chi connectivity index (χ4v) is 3.94. The molecule has 0 amide bonds. The van der Waals surface area contributed by atoms with Crippen molar-refractivity contribution in [2.24, 2.45) is 0 Å². The normalized spacial score (nSPS) is 10.6. The van der Waals surface area contributed by atoms with Crippen LogP contribution in [0, 0.1) is 34.3 Å². The Kier molecular flexibility index (Phi) is 5.16. The van der Waals surface area contributed by atoms with Crippen LogP contribution in [0.3, 0.4) is 0 Å².